The first kappa shape index (κ1) is 11.2. The van der Waals surface area contributed by atoms with Gasteiger partial charge in [0.25, 0.3) is 0 Å². The summed E-state index contributed by atoms with van der Waals surface area (Å²) in [6.45, 7) is 5.33. The molecule has 0 bridgehead atoms. The van der Waals surface area contributed by atoms with Crippen molar-refractivity contribution in [2.24, 2.45) is 5.41 Å². The molecule has 0 saturated heterocycles. The molecule has 0 radical (unpaired) electrons. The van der Waals surface area contributed by atoms with E-state index in [1.165, 1.54) is 0 Å². The predicted molar refractivity (Wildman–Crippen MR) is 88.3 cm³/mol. The van der Waals surface area contributed by atoms with E-state index in [9.17, 15) is 0 Å². The Morgan fingerprint density at radius 1 is 1.09 bits per heavy atom. The lowest BCUT2D eigenvalue weighted by molar-refractivity contribution is 0.354. The van der Waals surface area contributed by atoms with Crippen molar-refractivity contribution in [1.29, 1.82) is 0 Å². The molecule has 0 aliphatic rings. The van der Waals surface area contributed by atoms with Crippen molar-refractivity contribution in [2.75, 3.05) is 0 Å². The molecule has 3 heteroatoms. The largest absolute Gasteiger partial charge is 0.448 e. The molecule has 3 nitrogen and oxygen atoms in total. The molecule has 0 aliphatic carbocycles. The lowest BCUT2D eigenvalue weighted by Gasteiger charge is -2.14. The van der Waals surface area contributed by atoms with E-state index in [-0.39, 0.29) is 12.1 Å². The number of nitrogens with zero attached hydrogens (tertiary/aromatic N) is 2. The first-order chi connectivity index (χ1) is 11.7. The maximum absolute atomic E-state index is 8.28. The average molecular weight is 295 g/mol. The molecule has 0 saturated carbocycles. The maximum atomic E-state index is 8.28. The number of oxazole rings is 1. The van der Waals surface area contributed by atoms with E-state index in [4.69, 9.17) is 8.53 Å². The van der Waals surface area contributed by atoms with Crippen LogP contribution in [0.4, 0.5) is 0 Å². The zero-order valence-electron chi connectivity index (χ0n) is 15.9. The van der Waals surface area contributed by atoms with Gasteiger partial charge in [0, 0.05) is 26.4 Å². The Morgan fingerprint density at radius 2 is 1.86 bits per heavy atom. The molecule has 3 rings (SSSR count). The van der Waals surface area contributed by atoms with Crippen molar-refractivity contribution >= 4 is 0 Å². The van der Waals surface area contributed by atoms with Crippen LogP contribution in [0.15, 0.2) is 59.3 Å². The van der Waals surface area contributed by atoms with Crippen molar-refractivity contribution in [3.05, 3.63) is 60.8 Å². The normalized spacial score (nSPS) is 14.2. The first-order valence-corrected chi connectivity index (χ1v) is 7.20. The first-order valence-electron chi connectivity index (χ1n) is 8.70. The Morgan fingerprint density at radius 3 is 2.59 bits per heavy atom. The second-order valence-electron chi connectivity index (χ2n) is 6.14. The fourth-order valence-electron chi connectivity index (χ4n) is 2.09. The standard InChI is InChI=1S/C19H20N2O/c1-19(2,3)12-18-21-17(13-22-18)15-9-10-20-16(11-15)14-7-5-4-6-8-14/h4-11,13H,12H2,1-3H3/i12D2,13D. The molecule has 3 aromatic rings. The van der Waals surface area contributed by atoms with Gasteiger partial charge in [0.2, 0.25) is 0 Å². The van der Waals surface area contributed by atoms with Crippen LogP contribution >= 0.6 is 0 Å². The summed E-state index contributed by atoms with van der Waals surface area (Å²) in [5.41, 5.74) is 2.03. The van der Waals surface area contributed by atoms with Gasteiger partial charge in [-0.3, -0.25) is 4.98 Å². The number of hydrogen-bond donors (Lipinski definition) is 0. The van der Waals surface area contributed by atoms with Crippen LogP contribution in [0.5, 0.6) is 0 Å². The van der Waals surface area contributed by atoms with Crippen LogP contribution in [0.3, 0.4) is 0 Å². The van der Waals surface area contributed by atoms with Gasteiger partial charge in [-0.2, -0.15) is 0 Å². The summed E-state index contributed by atoms with van der Waals surface area (Å²) in [6.07, 6.45) is -0.270. The van der Waals surface area contributed by atoms with Crippen LogP contribution in [0, 0.1) is 5.41 Å². The Balaban J connectivity index is 2.04. The third-order valence-corrected chi connectivity index (χ3v) is 3.04. The molecule has 112 valence electrons. The van der Waals surface area contributed by atoms with Gasteiger partial charge in [-0.05, 0) is 17.5 Å². The van der Waals surface area contributed by atoms with Gasteiger partial charge >= 0.3 is 0 Å². The quantitative estimate of drug-likeness (QED) is 0.683. The summed E-state index contributed by atoms with van der Waals surface area (Å²) in [5.74, 6) is -0.0712. The molecule has 22 heavy (non-hydrogen) atoms. The van der Waals surface area contributed by atoms with Gasteiger partial charge in [0.05, 0.1) is 5.69 Å². The molecule has 0 atom stereocenters. The molecule has 0 unspecified atom stereocenters. The van der Waals surface area contributed by atoms with Crippen molar-refractivity contribution in [1.82, 2.24) is 9.97 Å². The topological polar surface area (TPSA) is 38.9 Å². The van der Waals surface area contributed by atoms with Crippen LogP contribution in [-0.4, -0.2) is 9.97 Å². The van der Waals surface area contributed by atoms with Crippen LogP contribution in [0.25, 0.3) is 22.5 Å². The Labute approximate surface area is 135 Å². The molecular weight excluding hydrogens is 272 g/mol. The molecular formula is C19H20N2O. The predicted octanol–water partition coefficient (Wildman–Crippen LogP) is 4.99. The van der Waals surface area contributed by atoms with E-state index in [1.54, 1.807) is 33.0 Å². The number of aromatic nitrogens is 2. The monoisotopic (exact) mass is 295 g/mol. The molecule has 0 spiro atoms. The highest BCUT2D eigenvalue weighted by Crippen LogP contribution is 2.26. The summed E-state index contributed by atoms with van der Waals surface area (Å²) in [7, 11) is 0. The highest BCUT2D eigenvalue weighted by Gasteiger charge is 2.16. The van der Waals surface area contributed by atoms with Crippen LogP contribution in [-0.2, 0) is 6.37 Å². The molecule has 0 fully saturated rings. The van der Waals surface area contributed by atoms with Crippen LogP contribution in [0.2, 0.25) is 0 Å². The summed E-state index contributed by atoms with van der Waals surface area (Å²) < 4.78 is 30.0. The average Bonchev–Trinajstić information content (AvgIpc) is 2.97. The molecule has 0 N–H and O–H groups in total. The summed E-state index contributed by atoms with van der Waals surface area (Å²) in [6, 6.07) is 13.3. The molecule has 2 aromatic heterocycles. The van der Waals surface area contributed by atoms with Gasteiger partial charge < -0.3 is 4.42 Å². The summed E-state index contributed by atoms with van der Waals surface area (Å²) >= 11 is 0. The number of benzene rings is 1. The van der Waals surface area contributed by atoms with E-state index in [1.807, 2.05) is 36.4 Å². The molecule has 0 aliphatic heterocycles. The summed E-state index contributed by atoms with van der Waals surface area (Å²) in [5, 5.41) is 0. The maximum Gasteiger partial charge on any atom is 0.195 e. The van der Waals surface area contributed by atoms with Gasteiger partial charge in [0.1, 0.15) is 13.3 Å². The number of hydrogen-bond acceptors (Lipinski definition) is 3. The fourth-order valence-corrected chi connectivity index (χ4v) is 2.09. The smallest absolute Gasteiger partial charge is 0.195 e. The highest BCUT2D eigenvalue weighted by molar-refractivity contribution is 5.67. The van der Waals surface area contributed by atoms with Crippen LogP contribution < -0.4 is 0 Å². The van der Waals surface area contributed by atoms with Crippen LogP contribution in [0.1, 0.15) is 30.8 Å². The van der Waals surface area contributed by atoms with Gasteiger partial charge in [0.15, 0.2) is 5.89 Å². The van der Waals surface area contributed by atoms with Crippen molar-refractivity contribution < 1.29 is 8.53 Å². The fraction of sp³-hybridized carbons (Fsp3) is 0.263. The second-order valence-corrected chi connectivity index (χ2v) is 6.14. The minimum atomic E-state index is -1.78. The minimum absolute atomic E-state index is 0.0712. The molecule has 2 heterocycles. The SMILES string of the molecule is [2H]c1oc(C([2H])([2H])C(C)(C)C)nc1-c1ccnc(-c2ccccc2)c1. The van der Waals surface area contributed by atoms with Crippen molar-refractivity contribution in [3.8, 4) is 22.5 Å². The van der Waals surface area contributed by atoms with Crippen molar-refractivity contribution in [3.63, 3.8) is 0 Å². The van der Waals surface area contributed by atoms with E-state index in [2.05, 4.69) is 9.97 Å². The number of rotatable bonds is 3. The van der Waals surface area contributed by atoms with Crippen molar-refractivity contribution in [2.45, 2.75) is 27.1 Å². The van der Waals surface area contributed by atoms with E-state index in [0.29, 0.717) is 11.3 Å². The zero-order valence-corrected chi connectivity index (χ0v) is 12.9. The van der Waals surface area contributed by atoms with Gasteiger partial charge in [-0.1, -0.05) is 51.1 Å². The van der Waals surface area contributed by atoms with Gasteiger partial charge in [-0.15, -0.1) is 0 Å². The lowest BCUT2D eigenvalue weighted by atomic mass is 9.92. The summed E-state index contributed by atoms with van der Waals surface area (Å²) in [4.78, 5) is 8.66. The van der Waals surface area contributed by atoms with E-state index >= 15 is 0 Å². The second kappa shape index (κ2) is 5.76. The molecule has 0 amide bonds. The Kier molecular flexibility index (Phi) is 2.93. The third kappa shape index (κ3) is 3.42. The lowest BCUT2D eigenvalue weighted by Crippen LogP contribution is -2.09. The Hall–Kier alpha value is -2.42. The van der Waals surface area contributed by atoms with E-state index in [0.717, 1.165) is 11.3 Å². The molecule has 1 aromatic carbocycles. The zero-order chi connectivity index (χ0) is 18.2. The van der Waals surface area contributed by atoms with E-state index < -0.39 is 11.8 Å². The van der Waals surface area contributed by atoms with Gasteiger partial charge in [-0.25, -0.2) is 4.98 Å². The Bertz CT molecular complexity index is 883. The highest BCUT2D eigenvalue weighted by atomic mass is 16.3. The number of pyridine rings is 1. The minimum Gasteiger partial charge on any atom is -0.448 e. The third-order valence-electron chi connectivity index (χ3n) is 3.04.